The molecule has 0 amide bonds. The van der Waals surface area contributed by atoms with Crippen LogP contribution in [0.2, 0.25) is 19.6 Å². The molecule has 5 aromatic heterocycles. The molecule has 9 aromatic rings. The van der Waals surface area contributed by atoms with Crippen molar-refractivity contribution >= 4 is 46.4 Å². The number of para-hydroxylation sites is 2. The molecule has 0 aliphatic carbocycles. The Bertz CT molecular complexity index is 2830. The average Bonchev–Trinajstić information content (AvgIpc) is 3.77. The maximum Gasteiger partial charge on any atom is 0.216 e. The van der Waals surface area contributed by atoms with Crippen LogP contribution in [0.4, 0.5) is 0 Å². The second kappa shape index (κ2) is 15.1. The zero-order valence-corrected chi connectivity index (χ0v) is 34.0. The van der Waals surface area contributed by atoms with Crippen molar-refractivity contribution < 1.29 is 28.6 Å². The third-order valence-electron chi connectivity index (χ3n) is 9.24. The summed E-state index contributed by atoms with van der Waals surface area (Å²) in [6.07, 6.45) is 3.72. The topological polar surface area (TPSA) is 69.6 Å². The molecule has 269 valence electrons. The number of hydrogen-bond donors (Lipinski definition) is 0. The van der Waals surface area contributed by atoms with Crippen LogP contribution < -0.4 is 5.19 Å². The van der Waals surface area contributed by atoms with Gasteiger partial charge in [-0.15, -0.1) is 48.0 Å². The third kappa shape index (κ3) is 7.20. The molecule has 0 spiro atoms. The van der Waals surface area contributed by atoms with Crippen LogP contribution >= 0.6 is 0 Å². The summed E-state index contributed by atoms with van der Waals surface area (Å²) in [6, 6.07) is 43.8. The molecule has 0 atom stereocenters. The van der Waals surface area contributed by atoms with Gasteiger partial charge in [0.05, 0.1) is 30.5 Å². The summed E-state index contributed by atoms with van der Waals surface area (Å²) in [7, 11) is -1.23. The number of pyridine rings is 3. The first-order valence-electron chi connectivity index (χ1n) is 19.0. The molecule has 54 heavy (non-hydrogen) atoms. The average molecular weight is 901 g/mol. The number of nitrogens with zero attached hydrogens (tertiary/aromatic N) is 5. The van der Waals surface area contributed by atoms with Crippen molar-refractivity contribution in [3.8, 4) is 39.5 Å². The normalized spacial score (nSPS) is 12.4. The number of fused-ring (bicyclic) bond motifs is 4. The maximum atomic E-state index is 7.74. The first kappa shape index (κ1) is 33.1. The van der Waals surface area contributed by atoms with Gasteiger partial charge in [-0.2, -0.15) is 0 Å². The van der Waals surface area contributed by atoms with Crippen molar-refractivity contribution in [2.45, 2.75) is 40.3 Å². The molecule has 0 aliphatic heterocycles. The number of rotatable bonds is 5. The number of hydrogen-bond acceptors (Lipinski definition) is 5. The van der Waals surface area contributed by atoms with Crippen LogP contribution in [0.15, 0.2) is 132 Å². The third-order valence-corrected chi connectivity index (χ3v) is 11.3. The Morgan fingerprint density at radius 1 is 0.796 bits per heavy atom. The summed E-state index contributed by atoms with van der Waals surface area (Å²) >= 11 is 0. The van der Waals surface area contributed by atoms with Gasteiger partial charge in [0.2, 0.25) is 5.71 Å². The Kier molecular flexibility index (Phi) is 9.23. The van der Waals surface area contributed by atoms with E-state index in [2.05, 4.69) is 69.5 Å². The van der Waals surface area contributed by atoms with Gasteiger partial charge in [0, 0.05) is 59.1 Å². The molecule has 4 aromatic carbocycles. The predicted octanol–water partition coefficient (Wildman–Crippen LogP) is 10.9. The van der Waals surface area contributed by atoms with Crippen molar-refractivity contribution in [1.29, 1.82) is 0 Å². The quantitative estimate of drug-likeness (QED) is 0.127. The first-order valence-corrected chi connectivity index (χ1v) is 21.0. The standard InChI is InChI=1S/C32H23N4O.C14H16NSi.Ir/c1-19-10-12-22(13-11-19)24-14-15-26(30-29(24)25-7-6-16-33-32(25)37-30)31-35-27-8-4-5-9-28(27)36(31)23-17-20(2)34-21(3)18-23;1-16(2,3)13-9-10-14(15-11-13)12-7-5-4-6-8-12;/h4-14,16-18H,1-3H3;4-7,9-11H,1-3H3;/q2*-1;/i1D3;;. The van der Waals surface area contributed by atoms with Crippen molar-refractivity contribution in [2.75, 3.05) is 0 Å². The van der Waals surface area contributed by atoms with E-state index in [1.165, 1.54) is 5.19 Å². The van der Waals surface area contributed by atoms with Crippen LogP contribution in [0.25, 0.3) is 72.6 Å². The van der Waals surface area contributed by atoms with Crippen LogP contribution in [0.1, 0.15) is 21.1 Å². The fourth-order valence-corrected chi connectivity index (χ4v) is 7.68. The van der Waals surface area contributed by atoms with Gasteiger partial charge < -0.3 is 14.0 Å². The molecule has 0 aliphatic rings. The van der Waals surface area contributed by atoms with Crippen molar-refractivity contribution in [3.05, 3.63) is 157 Å². The predicted molar refractivity (Wildman–Crippen MR) is 219 cm³/mol. The Balaban J connectivity index is 0.000000246. The van der Waals surface area contributed by atoms with Crippen LogP contribution in [0.3, 0.4) is 0 Å². The summed E-state index contributed by atoms with van der Waals surface area (Å²) in [5.74, 6) is 0.694. The molecular formula is C46H39IrN5OSi-2. The molecule has 0 N–H and O–H groups in total. The molecule has 9 rings (SSSR count). The van der Waals surface area contributed by atoms with Crippen molar-refractivity contribution in [2.24, 2.45) is 0 Å². The van der Waals surface area contributed by atoms with Gasteiger partial charge in [-0.1, -0.05) is 90.4 Å². The van der Waals surface area contributed by atoms with Crippen LogP contribution in [-0.4, -0.2) is 32.6 Å². The number of aromatic nitrogens is 5. The van der Waals surface area contributed by atoms with Gasteiger partial charge in [0.1, 0.15) is 0 Å². The van der Waals surface area contributed by atoms with E-state index in [9.17, 15) is 0 Å². The molecule has 0 unspecified atom stereocenters. The second-order valence-electron chi connectivity index (χ2n) is 14.1. The second-order valence-corrected chi connectivity index (χ2v) is 19.2. The molecular weight excluding hydrogens is 859 g/mol. The Morgan fingerprint density at radius 3 is 2.28 bits per heavy atom. The number of benzene rings is 4. The van der Waals surface area contributed by atoms with Crippen LogP contribution in [-0.2, 0) is 20.1 Å². The molecule has 0 fully saturated rings. The Labute approximate surface area is 334 Å². The monoisotopic (exact) mass is 901 g/mol. The van der Waals surface area contributed by atoms with Gasteiger partial charge in [-0.3, -0.25) is 9.97 Å². The smallest absolute Gasteiger partial charge is 0.216 e. The van der Waals surface area contributed by atoms with E-state index in [4.69, 9.17) is 13.5 Å². The maximum absolute atomic E-state index is 7.74. The summed E-state index contributed by atoms with van der Waals surface area (Å²) in [6.45, 7) is 8.79. The summed E-state index contributed by atoms with van der Waals surface area (Å²) < 4.78 is 31.8. The fourth-order valence-electron chi connectivity index (χ4n) is 6.65. The van der Waals surface area contributed by atoms with E-state index in [0.717, 1.165) is 61.3 Å². The minimum atomic E-state index is -2.17. The minimum Gasteiger partial charge on any atom is -0.486 e. The van der Waals surface area contributed by atoms with E-state index in [1.54, 1.807) is 18.3 Å². The number of furan rings is 1. The van der Waals surface area contributed by atoms with Crippen LogP contribution in [0.5, 0.6) is 0 Å². The van der Waals surface area contributed by atoms with Crippen molar-refractivity contribution in [1.82, 2.24) is 24.5 Å². The Hall–Kier alpha value is -5.53. The fraction of sp³-hybridized carbons (Fsp3) is 0.130. The largest absolute Gasteiger partial charge is 0.486 e. The van der Waals surface area contributed by atoms with Gasteiger partial charge in [-0.05, 0) is 73.4 Å². The zero-order chi connectivity index (χ0) is 39.2. The number of imidazole rings is 1. The van der Waals surface area contributed by atoms with E-state index in [0.29, 0.717) is 28.2 Å². The van der Waals surface area contributed by atoms with E-state index >= 15 is 0 Å². The van der Waals surface area contributed by atoms with Crippen molar-refractivity contribution in [3.63, 3.8) is 0 Å². The van der Waals surface area contributed by atoms with E-state index in [-0.39, 0.29) is 20.1 Å². The first-order chi connectivity index (χ1) is 26.8. The van der Waals surface area contributed by atoms with Gasteiger partial charge in [0.15, 0.2) is 0 Å². The molecule has 6 nitrogen and oxygen atoms in total. The molecule has 0 saturated carbocycles. The minimum absolute atomic E-state index is 0. The molecule has 0 bridgehead atoms. The van der Waals surface area contributed by atoms with E-state index in [1.807, 2.05) is 105 Å². The van der Waals surface area contributed by atoms with Gasteiger partial charge in [0.25, 0.3) is 0 Å². The molecule has 0 saturated heterocycles. The summed E-state index contributed by atoms with van der Waals surface area (Å²) in [5.41, 5.74) is 10.5. The molecule has 5 heterocycles. The van der Waals surface area contributed by atoms with Gasteiger partial charge >= 0.3 is 0 Å². The SMILES string of the molecule is C[Si](C)(C)c1ccc(-c2[c-]cccc2)nc1.[2H]C([2H])([2H])c1ccc(-c2c[c-]c(-c3nc4ccccc4n3-c3cc(C)nc(C)c3)c3oc4ncccc4c23)cc1.[Ir]. The van der Waals surface area contributed by atoms with Crippen LogP contribution in [0, 0.1) is 32.8 Å². The van der Waals surface area contributed by atoms with Gasteiger partial charge in [-0.25, -0.2) is 4.98 Å². The summed E-state index contributed by atoms with van der Waals surface area (Å²) in [4.78, 5) is 18.6. The number of aryl methyl sites for hydroxylation is 3. The van der Waals surface area contributed by atoms with E-state index < -0.39 is 14.9 Å². The molecule has 8 heteroatoms. The Morgan fingerprint density at radius 2 is 1.57 bits per heavy atom. The summed E-state index contributed by atoms with van der Waals surface area (Å²) in [5, 5.41) is 3.13. The zero-order valence-electron chi connectivity index (χ0n) is 33.6. The molecule has 1 radical (unpaired) electrons.